The molecule has 0 aliphatic heterocycles. The van der Waals surface area contributed by atoms with Gasteiger partial charge in [0.1, 0.15) is 13.2 Å². The van der Waals surface area contributed by atoms with Crippen molar-refractivity contribution in [2.75, 3.05) is 13.2 Å². The largest absolute Gasteiger partial charge is 0.462 e. The van der Waals surface area contributed by atoms with Gasteiger partial charge in [0.2, 0.25) is 0 Å². The summed E-state index contributed by atoms with van der Waals surface area (Å²) in [6.07, 6.45) is 60.9. The third-order valence-electron chi connectivity index (χ3n) is 11.6. The Morgan fingerprint density at radius 1 is 0.323 bits per heavy atom. The first kappa shape index (κ1) is 59.4. The second-order valence-corrected chi connectivity index (χ2v) is 17.8. The van der Waals surface area contributed by atoms with Crippen LogP contribution in [0.15, 0.2) is 48.6 Å². The van der Waals surface area contributed by atoms with E-state index in [1.807, 2.05) is 0 Å². The lowest BCUT2D eigenvalue weighted by molar-refractivity contribution is -0.167. The van der Waals surface area contributed by atoms with Crippen LogP contribution in [0.3, 0.4) is 0 Å². The van der Waals surface area contributed by atoms with E-state index in [1.54, 1.807) is 0 Å². The van der Waals surface area contributed by atoms with Crippen LogP contribution in [0.1, 0.15) is 271 Å². The van der Waals surface area contributed by atoms with Gasteiger partial charge < -0.3 is 14.2 Å². The Morgan fingerprint density at radius 3 is 0.984 bits per heavy atom. The first-order valence-corrected chi connectivity index (χ1v) is 26.6. The molecule has 62 heavy (non-hydrogen) atoms. The Bertz CT molecular complexity index is 1090. The number of allylic oxidation sites excluding steroid dienone is 8. The monoisotopic (exact) mass is 869 g/mol. The summed E-state index contributed by atoms with van der Waals surface area (Å²) in [6, 6.07) is 0. The fraction of sp³-hybridized carbons (Fsp3) is 0.804. The summed E-state index contributed by atoms with van der Waals surface area (Å²) in [6.45, 7) is 6.58. The smallest absolute Gasteiger partial charge is 0.306 e. The van der Waals surface area contributed by atoms with Gasteiger partial charge in [-0.25, -0.2) is 0 Å². The van der Waals surface area contributed by atoms with Crippen molar-refractivity contribution in [1.29, 1.82) is 0 Å². The lowest BCUT2D eigenvalue weighted by Crippen LogP contribution is -2.30. The van der Waals surface area contributed by atoms with Crippen LogP contribution in [0.5, 0.6) is 0 Å². The second-order valence-electron chi connectivity index (χ2n) is 17.8. The van der Waals surface area contributed by atoms with Gasteiger partial charge in [-0.1, -0.05) is 217 Å². The molecule has 0 bridgehead atoms. The molecule has 0 N–H and O–H groups in total. The predicted octanol–water partition coefficient (Wildman–Crippen LogP) is 17.5. The van der Waals surface area contributed by atoms with Crippen molar-refractivity contribution in [3.8, 4) is 0 Å². The zero-order valence-corrected chi connectivity index (χ0v) is 41.1. The molecule has 0 aromatic rings. The Kier molecular flexibility index (Phi) is 48.8. The summed E-state index contributed by atoms with van der Waals surface area (Å²) in [5, 5.41) is 0. The van der Waals surface area contributed by atoms with Gasteiger partial charge in [0, 0.05) is 19.3 Å². The number of rotatable bonds is 48. The van der Waals surface area contributed by atoms with E-state index >= 15 is 0 Å². The molecule has 0 aliphatic carbocycles. The van der Waals surface area contributed by atoms with Gasteiger partial charge >= 0.3 is 17.9 Å². The van der Waals surface area contributed by atoms with Gasteiger partial charge in [0.05, 0.1) is 0 Å². The molecular formula is C56H100O6. The molecule has 0 aromatic heterocycles. The van der Waals surface area contributed by atoms with Crippen LogP contribution in [-0.4, -0.2) is 37.2 Å². The minimum atomic E-state index is -0.793. The Balaban J connectivity index is 4.43. The molecule has 0 fully saturated rings. The molecule has 0 saturated heterocycles. The molecule has 0 saturated carbocycles. The quantitative estimate of drug-likeness (QED) is 0.0262. The topological polar surface area (TPSA) is 78.9 Å². The highest BCUT2D eigenvalue weighted by Gasteiger charge is 2.19. The molecule has 0 rings (SSSR count). The number of hydrogen-bond donors (Lipinski definition) is 0. The molecule has 0 aromatic carbocycles. The zero-order chi connectivity index (χ0) is 45.1. The SMILES string of the molecule is CCCCC/C=C\C/C=C\C/C=C\CCCCC(=O)O[C@@H](COC(=O)CCCCCCC/C=C\CCCCCCCCC)COC(=O)CCCCCCCCCCCCCCC. The number of unbranched alkanes of at least 4 members (excludes halogenated alkanes) is 29. The predicted molar refractivity (Wildman–Crippen MR) is 265 cm³/mol. The zero-order valence-electron chi connectivity index (χ0n) is 41.1. The van der Waals surface area contributed by atoms with Gasteiger partial charge in [-0.2, -0.15) is 0 Å². The number of ether oxygens (including phenoxy) is 3. The molecule has 6 nitrogen and oxygen atoms in total. The molecule has 0 spiro atoms. The van der Waals surface area contributed by atoms with Crippen molar-refractivity contribution in [1.82, 2.24) is 0 Å². The summed E-state index contributed by atoms with van der Waals surface area (Å²) < 4.78 is 16.8. The van der Waals surface area contributed by atoms with E-state index in [4.69, 9.17) is 14.2 Å². The van der Waals surface area contributed by atoms with Gasteiger partial charge in [0.15, 0.2) is 6.10 Å². The van der Waals surface area contributed by atoms with Crippen LogP contribution in [0, 0.1) is 0 Å². The molecule has 0 radical (unpaired) electrons. The molecule has 1 atom stereocenters. The van der Waals surface area contributed by atoms with Crippen LogP contribution in [0.2, 0.25) is 0 Å². The maximum atomic E-state index is 12.8. The van der Waals surface area contributed by atoms with E-state index < -0.39 is 6.10 Å². The summed E-state index contributed by atoms with van der Waals surface area (Å²) in [7, 11) is 0. The van der Waals surface area contributed by atoms with Crippen molar-refractivity contribution >= 4 is 17.9 Å². The van der Waals surface area contributed by atoms with E-state index in [-0.39, 0.29) is 37.5 Å². The average molecular weight is 869 g/mol. The fourth-order valence-corrected chi connectivity index (χ4v) is 7.50. The Hall–Kier alpha value is -2.63. The summed E-state index contributed by atoms with van der Waals surface area (Å²) >= 11 is 0. The molecule has 0 aliphatic rings. The molecule has 360 valence electrons. The number of carbonyl (C=O) groups is 3. The average Bonchev–Trinajstić information content (AvgIpc) is 3.27. The van der Waals surface area contributed by atoms with Crippen LogP contribution in [0.25, 0.3) is 0 Å². The van der Waals surface area contributed by atoms with Crippen molar-refractivity contribution in [3.63, 3.8) is 0 Å². The van der Waals surface area contributed by atoms with Gasteiger partial charge in [0.25, 0.3) is 0 Å². The fourth-order valence-electron chi connectivity index (χ4n) is 7.50. The first-order valence-electron chi connectivity index (χ1n) is 26.6. The highest BCUT2D eigenvalue weighted by atomic mass is 16.6. The van der Waals surface area contributed by atoms with E-state index in [0.717, 1.165) is 70.6 Å². The Labute approximate surface area is 384 Å². The Morgan fingerprint density at radius 2 is 0.581 bits per heavy atom. The third kappa shape index (κ3) is 48.4. The minimum Gasteiger partial charge on any atom is -0.462 e. The highest BCUT2D eigenvalue weighted by Crippen LogP contribution is 2.15. The normalized spacial score (nSPS) is 12.4. The lowest BCUT2D eigenvalue weighted by atomic mass is 10.0. The van der Waals surface area contributed by atoms with E-state index in [9.17, 15) is 14.4 Å². The molecule has 0 amide bonds. The molecule has 0 heterocycles. The van der Waals surface area contributed by atoms with E-state index in [0.29, 0.717) is 19.3 Å². The van der Waals surface area contributed by atoms with Gasteiger partial charge in [-0.3, -0.25) is 14.4 Å². The number of hydrogen-bond acceptors (Lipinski definition) is 6. The number of esters is 3. The summed E-state index contributed by atoms with van der Waals surface area (Å²) in [5.74, 6) is -0.927. The minimum absolute atomic E-state index is 0.0886. The third-order valence-corrected chi connectivity index (χ3v) is 11.6. The van der Waals surface area contributed by atoms with Crippen molar-refractivity contribution in [2.24, 2.45) is 0 Å². The van der Waals surface area contributed by atoms with E-state index in [2.05, 4.69) is 69.4 Å². The summed E-state index contributed by atoms with van der Waals surface area (Å²) in [4.78, 5) is 38.0. The van der Waals surface area contributed by atoms with Crippen molar-refractivity contribution < 1.29 is 28.6 Å². The van der Waals surface area contributed by atoms with Gasteiger partial charge in [-0.05, 0) is 83.5 Å². The highest BCUT2D eigenvalue weighted by molar-refractivity contribution is 5.71. The van der Waals surface area contributed by atoms with Crippen LogP contribution in [0.4, 0.5) is 0 Å². The van der Waals surface area contributed by atoms with Crippen LogP contribution < -0.4 is 0 Å². The van der Waals surface area contributed by atoms with Crippen LogP contribution >= 0.6 is 0 Å². The molecule has 0 unspecified atom stereocenters. The molecular weight excluding hydrogens is 769 g/mol. The maximum Gasteiger partial charge on any atom is 0.306 e. The standard InChI is InChI=1S/C56H100O6/c1-4-7-10-13-16-19-22-25-27-29-31-34-37-40-43-46-49-55(58)61-52-53(51-60-54(57)48-45-42-39-36-33-30-24-21-18-15-12-9-6-3)62-56(59)50-47-44-41-38-35-32-28-26-23-20-17-14-11-8-5-2/h17,20,26-29,35,38,53H,4-16,18-19,21-25,30-34,36-37,39-52H2,1-3H3/b20-17-,28-26-,29-27-,38-35-/t53-/m1/s1. The second kappa shape index (κ2) is 51.0. The lowest BCUT2D eigenvalue weighted by Gasteiger charge is -2.18. The van der Waals surface area contributed by atoms with Gasteiger partial charge in [-0.15, -0.1) is 0 Å². The number of carbonyl (C=O) groups excluding carboxylic acids is 3. The summed E-state index contributed by atoms with van der Waals surface area (Å²) in [5.41, 5.74) is 0. The van der Waals surface area contributed by atoms with Crippen molar-refractivity contribution in [2.45, 2.75) is 277 Å². The first-order chi connectivity index (χ1) is 30.5. The molecule has 6 heteroatoms. The van der Waals surface area contributed by atoms with Crippen molar-refractivity contribution in [3.05, 3.63) is 48.6 Å². The van der Waals surface area contributed by atoms with E-state index in [1.165, 1.54) is 154 Å². The van der Waals surface area contributed by atoms with Crippen LogP contribution in [-0.2, 0) is 28.6 Å². The maximum absolute atomic E-state index is 12.8.